The Morgan fingerprint density at radius 3 is 0.962 bits per heavy atom. The highest BCUT2D eigenvalue weighted by Gasteiger charge is 2.43. The van der Waals surface area contributed by atoms with Gasteiger partial charge in [0.25, 0.3) is 0 Å². The van der Waals surface area contributed by atoms with Crippen molar-refractivity contribution in [2.75, 3.05) is 55.6 Å². The Balaban J connectivity index is 0.0000000858. The van der Waals surface area contributed by atoms with Crippen molar-refractivity contribution in [3.63, 3.8) is 0 Å². The molecule has 6 N–H and O–H groups in total. The lowest BCUT2D eigenvalue weighted by atomic mass is 9.94. The first kappa shape index (κ1) is 81.0. The topological polar surface area (TPSA) is 374 Å². The summed E-state index contributed by atoms with van der Waals surface area (Å²) >= 11 is 0. The summed E-state index contributed by atoms with van der Waals surface area (Å²) in [6.45, 7) is 24.2. The number of aromatic nitrogens is 28. The van der Waals surface area contributed by atoms with Gasteiger partial charge in [-0.3, -0.25) is 59.0 Å². The van der Waals surface area contributed by atoms with E-state index in [1.54, 1.807) is 0 Å². The fraction of sp³-hybridized carbons (Fsp3) is 0.443. The Morgan fingerprint density at radius 1 is 0.323 bits per heavy atom. The predicted octanol–water partition coefficient (Wildman–Crippen LogP) is 15.4. The third-order valence-electron chi connectivity index (χ3n) is 29.0. The maximum absolute atomic E-state index is 4.90. The number of nitrogens with one attached hydrogen (secondary N) is 6. The number of rotatable bonds is 10. The molecular formula is C97H110N36. The van der Waals surface area contributed by atoms with Crippen LogP contribution in [0.4, 0.5) is 34.9 Å². The van der Waals surface area contributed by atoms with Gasteiger partial charge in [0.1, 0.15) is 69.1 Å². The van der Waals surface area contributed by atoms with Gasteiger partial charge in [0.2, 0.25) is 0 Å². The number of aromatic amines is 6. The van der Waals surface area contributed by atoms with E-state index in [1.165, 1.54) is 94.8 Å². The van der Waals surface area contributed by atoms with Gasteiger partial charge in [0, 0.05) is 190 Å². The maximum atomic E-state index is 4.90. The van der Waals surface area contributed by atoms with Crippen molar-refractivity contribution < 1.29 is 0 Å². The normalized spacial score (nSPS) is 18.2. The van der Waals surface area contributed by atoms with Crippen LogP contribution in [0.15, 0.2) is 116 Å². The largest absolute Gasteiger partial charge is 0.347 e. The van der Waals surface area contributed by atoms with Crippen molar-refractivity contribution in [2.45, 2.75) is 238 Å². The van der Waals surface area contributed by atoms with Crippen LogP contribution in [0, 0.1) is 0 Å². The van der Waals surface area contributed by atoms with Crippen LogP contribution >= 0.6 is 0 Å². The van der Waals surface area contributed by atoms with Crippen molar-refractivity contribution in [3.05, 3.63) is 145 Å². The molecule has 678 valence electrons. The van der Waals surface area contributed by atoms with Crippen molar-refractivity contribution >= 4 is 112 Å². The summed E-state index contributed by atoms with van der Waals surface area (Å²) in [6.07, 6.45) is 42.7. The van der Waals surface area contributed by atoms with Gasteiger partial charge < -0.3 is 34.3 Å². The van der Waals surface area contributed by atoms with Gasteiger partial charge in [0.15, 0.2) is 0 Å². The van der Waals surface area contributed by atoms with Crippen LogP contribution in [0.25, 0.3) is 127 Å². The van der Waals surface area contributed by atoms with Crippen LogP contribution in [0.1, 0.15) is 191 Å². The van der Waals surface area contributed by atoms with Gasteiger partial charge in [-0.1, -0.05) is 25.3 Å². The molecule has 13 aliphatic rings. The molecule has 0 atom stereocenters. The van der Waals surface area contributed by atoms with E-state index in [9.17, 15) is 0 Å². The lowest BCUT2D eigenvalue weighted by molar-refractivity contribution is 0.169. The van der Waals surface area contributed by atoms with E-state index < -0.39 is 0 Å². The van der Waals surface area contributed by atoms with E-state index >= 15 is 0 Å². The van der Waals surface area contributed by atoms with E-state index in [0.717, 1.165) is 269 Å². The van der Waals surface area contributed by atoms with Crippen LogP contribution in [-0.2, 0) is 53.4 Å². The predicted molar refractivity (Wildman–Crippen MR) is 515 cm³/mol. The molecule has 25 heterocycles. The number of aryl methyl sites for hydroxylation is 3. The van der Waals surface area contributed by atoms with E-state index in [2.05, 4.69) is 216 Å². The lowest BCUT2D eigenvalue weighted by Gasteiger charge is -2.40. The maximum Gasteiger partial charge on any atom is 0.140 e. The molecule has 0 unspecified atom stereocenters. The number of H-pyrrole nitrogens is 6. The highest BCUT2D eigenvalue weighted by Crippen LogP contribution is 2.50. The zero-order valence-electron chi connectivity index (χ0n) is 76.7. The smallest absolute Gasteiger partial charge is 0.140 e. The summed E-state index contributed by atoms with van der Waals surface area (Å²) in [5, 5.41) is 76.9. The fourth-order valence-corrected chi connectivity index (χ4v) is 21.5. The first-order valence-corrected chi connectivity index (χ1v) is 48.0. The van der Waals surface area contributed by atoms with Crippen molar-refractivity contribution in [2.24, 2.45) is 19.1 Å². The summed E-state index contributed by atoms with van der Waals surface area (Å²) in [6, 6.07) is 16.8. The average molecular weight is 1780 g/mol. The summed E-state index contributed by atoms with van der Waals surface area (Å²) in [5.41, 5.74) is 25.8. The summed E-state index contributed by atoms with van der Waals surface area (Å²) < 4.78 is 9.87. The SMILES string of the molecule is C1=C2C(=NC1)CN(C1CC1)c1nccc3[nH]nc2c13.CC(C)N1CCC(N2Cc3nn(C)cc3-c3n[nH]c4ccnc2c34)CC1.CC(C)n1cc2c(n1)CN(C1CC1)c1nccc3[nH]nc-2c13.CC(C)n1cc2c(n1)CN(C1CCCCC1)c1nccc3[nH]nc-2c13.CCn1cc2c(n1)CN(C1CC1)c1nccc3[nH]nc-2c13.Cn1cc2c(n1)CN(C1CC1)c1nccc3[nH]nc-2c13. The number of pyridine rings is 6. The Kier molecular flexibility index (Phi) is 19.6. The monoisotopic (exact) mass is 1780 g/mol. The fourth-order valence-electron chi connectivity index (χ4n) is 21.5. The number of likely N-dealkylation sites (tertiary alicyclic amines) is 1. The van der Waals surface area contributed by atoms with Gasteiger partial charge in [-0.15, -0.1) is 0 Å². The number of anilines is 6. The van der Waals surface area contributed by atoms with Crippen LogP contribution in [0.5, 0.6) is 0 Å². The summed E-state index contributed by atoms with van der Waals surface area (Å²) in [4.78, 5) is 49.9. The zero-order valence-corrected chi connectivity index (χ0v) is 76.7. The second kappa shape index (κ2) is 32.2. The van der Waals surface area contributed by atoms with Gasteiger partial charge in [-0.05, 0) is 162 Å². The Morgan fingerprint density at radius 2 is 0.624 bits per heavy atom. The molecule has 5 saturated carbocycles. The Hall–Kier alpha value is -14.1. The van der Waals surface area contributed by atoms with E-state index in [-0.39, 0.29) is 0 Å². The summed E-state index contributed by atoms with van der Waals surface area (Å²) in [5.74, 6) is 6.35. The van der Waals surface area contributed by atoms with Crippen LogP contribution < -0.4 is 29.4 Å². The van der Waals surface area contributed by atoms with Gasteiger partial charge in [-0.25, -0.2) is 29.9 Å². The number of aliphatic imine (C=N–C) groups is 1. The summed E-state index contributed by atoms with van der Waals surface area (Å²) in [7, 11) is 3.94. The Labute approximate surface area is 766 Å². The Bertz CT molecular complexity index is 7390. The molecule has 8 aliphatic heterocycles. The molecule has 0 aromatic carbocycles. The third kappa shape index (κ3) is 14.2. The minimum absolute atomic E-state index is 0.345. The quantitative estimate of drug-likeness (QED) is 0.0740. The van der Waals surface area contributed by atoms with Gasteiger partial charge in [0.05, 0.1) is 145 Å². The molecule has 36 nitrogen and oxygen atoms in total. The molecule has 36 heteroatoms. The molecule has 0 amide bonds. The number of hydrogen-bond donors (Lipinski definition) is 6. The molecule has 5 aliphatic carbocycles. The number of nitrogens with zero attached hydrogens (tertiary/aromatic N) is 30. The van der Waals surface area contributed by atoms with Crippen LogP contribution in [0.3, 0.4) is 0 Å². The number of fused-ring (bicyclic) bond motifs is 12. The second-order valence-corrected chi connectivity index (χ2v) is 38.8. The standard InChI is InChI=1S/C19H25N7.C19H24N6.C16H18N6.C15H16N6.C14H14N6.C14H13N5/c1-12(2)25-8-5-13(6-9-25)26-11-16-14(10-24(3)23-16)18-17-15(21-22-18)4-7-20-19(17)26;1-12(2)25-10-14-16(23-25)11-24(13-6-4-3-5-7-13)19-17-15(8-9-20-19)21-22-18(14)17;1-9(2)22-7-11-13(20-22)8-21(10-3-4-10)16-14-12(5-6-17-16)18-19-15(11)14;1-2-20-7-10-12(19-20)8-21(9-3-4-9)15-13-11(5-6-16-15)17-18-14(10)13;1-19-6-9-11(18-19)7-20(8-2-3-8)14-12-10(4-5-15-14)16-17-13(9)12;1-2-8(1)19-7-11-9(3-5-15-11)13-12-10(17-18-13)4-6-16-14(12)19/h4,7,10,12-13H,5-6,8-9,11H2,1-3H3,(H,21,22);8-10,12-13H,3-7,11H2,1-2H3,(H,21,22);5-7,9-10H,3-4,8H2,1-2H3,(H,18,19);5-7,9H,2-4,8H2,1H3,(H,17,18);4-6,8H,2-3,7H2,1H3,(H,16,17);3-4,6,8H,1-2,5,7H2,(H,17,18). The molecule has 6 fully saturated rings. The average Bonchev–Trinajstić information content (AvgIpc) is 1.67. The molecular weight excluding hydrogens is 1670 g/mol. The van der Waals surface area contributed by atoms with E-state index in [4.69, 9.17) is 30.4 Å². The van der Waals surface area contributed by atoms with Crippen molar-refractivity contribution in [1.29, 1.82) is 0 Å². The van der Waals surface area contributed by atoms with Crippen LogP contribution in [-0.4, -0.2) is 219 Å². The van der Waals surface area contributed by atoms with Crippen LogP contribution in [0.2, 0.25) is 0 Å². The van der Waals surface area contributed by atoms with Gasteiger partial charge >= 0.3 is 0 Å². The van der Waals surface area contributed by atoms with Gasteiger partial charge in [-0.2, -0.15) is 56.1 Å². The number of hydrogen-bond acceptors (Lipinski definition) is 25. The molecule has 133 heavy (non-hydrogen) atoms. The lowest BCUT2D eigenvalue weighted by Crippen LogP contribution is -2.47. The first-order valence-electron chi connectivity index (χ1n) is 48.0. The second-order valence-electron chi connectivity index (χ2n) is 38.8. The molecule has 0 radical (unpaired) electrons. The molecule has 1 saturated heterocycles. The highest BCUT2D eigenvalue weighted by atomic mass is 15.4. The highest BCUT2D eigenvalue weighted by molar-refractivity contribution is 6.30. The number of piperidine rings is 1. The minimum Gasteiger partial charge on any atom is -0.347 e. The molecule has 0 spiro atoms. The third-order valence-corrected chi connectivity index (χ3v) is 29.0. The first-order chi connectivity index (χ1) is 65.1. The van der Waals surface area contributed by atoms with Crippen molar-refractivity contribution in [3.8, 4) is 56.3 Å². The molecule has 17 aromatic rings. The zero-order chi connectivity index (χ0) is 89.3. The van der Waals surface area contributed by atoms with E-state index in [0.29, 0.717) is 54.4 Å². The van der Waals surface area contributed by atoms with E-state index in [1.807, 2.05) is 106 Å². The molecule has 0 bridgehead atoms. The molecule has 30 rings (SSSR count). The minimum atomic E-state index is 0.345. The van der Waals surface area contributed by atoms with Crippen molar-refractivity contribution in [1.82, 2.24) is 145 Å². The molecule has 17 aromatic heterocycles.